The summed E-state index contributed by atoms with van der Waals surface area (Å²) in [6, 6.07) is 7.41. The highest BCUT2D eigenvalue weighted by atomic mass is 79.9. The molecule has 2 heterocycles. The van der Waals surface area contributed by atoms with Gasteiger partial charge in [0, 0.05) is 22.5 Å². The molecule has 4 rings (SSSR count). The molecule has 1 N–H and O–H groups in total. The number of halogens is 1. The molecular weight excluding hydrogens is 440 g/mol. The molecule has 0 spiro atoms. The fourth-order valence-corrected chi connectivity index (χ4v) is 5.08. The highest BCUT2D eigenvalue weighted by Gasteiger charge is 2.37. The number of hydrogen-bond donors (Lipinski definition) is 1. The van der Waals surface area contributed by atoms with Gasteiger partial charge in [0.1, 0.15) is 11.0 Å². The lowest BCUT2D eigenvalue weighted by Gasteiger charge is -2.29. The molecule has 2 amide bonds. The number of aromatic nitrogens is 2. The third-order valence-corrected chi connectivity index (χ3v) is 6.96. The molecule has 1 saturated carbocycles. The van der Waals surface area contributed by atoms with Gasteiger partial charge in [-0.3, -0.25) is 14.9 Å². The molecule has 2 aliphatic rings. The molecule has 1 unspecified atom stereocenters. The maximum absolute atomic E-state index is 12.9. The molecule has 148 valence electrons. The summed E-state index contributed by atoms with van der Waals surface area (Å²) < 4.78 is 0.998. The Balaban J connectivity index is 1.41. The third-order valence-electron chi connectivity index (χ3n) is 5.54. The highest BCUT2D eigenvalue weighted by Crippen LogP contribution is 2.30. The summed E-state index contributed by atoms with van der Waals surface area (Å²) >= 11 is 4.76. The Labute approximate surface area is 176 Å². The monoisotopic (exact) mass is 462 g/mol. The predicted molar refractivity (Wildman–Crippen MR) is 113 cm³/mol. The molecule has 1 saturated heterocycles. The Morgan fingerprint density at radius 1 is 1.04 bits per heavy atom. The molecule has 6 nitrogen and oxygen atoms in total. The number of hydrogen-bond acceptors (Lipinski definition) is 5. The smallest absolute Gasteiger partial charge is 0.249 e. The van der Waals surface area contributed by atoms with Gasteiger partial charge in [-0.15, -0.1) is 10.2 Å². The zero-order chi connectivity index (χ0) is 19.5. The summed E-state index contributed by atoms with van der Waals surface area (Å²) in [5, 5.41) is 12.4. The predicted octanol–water partition coefficient (Wildman–Crippen LogP) is 4.48. The lowest BCUT2D eigenvalue weighted by atomic mass is 9.88. The standard InChI is InChI=1S/C20H23BrN4O2S/c21-15-10-8-13(9-11-15)18-23-24-20(28-18)22-17(26)16-7-4-12-25(16)19(27)14-5-2-1-3-6-14/h8-11,14,16H,1-7,12H2,(H,22,24,26). The van der Waals surface area contributed by atoms with Crippen LogP contribution in [-0.4, -0.2) is 39.5 Å². The summed E-state index contributed by atoms with van der Waals surface area (Å²) in [4.78, 5) is 27.5. The van der Waals surface area contributed by atoms with Crippen molar-refractivity contribution in [2.75, 3.05) is 11.9 Å². The maximum Gasteiger partial charge on any atom is 0.249 e. The first-order valence-corrected chi connectivity index (χ1v) is 11.4. The van der Waals surface area contributed by atoms with Crippen LogP contribution in [0.1, 0.15) is 44.9 Å². The largest absolute Gasteiger partial charge is 0.330 e. The summed E-state index contributed by atoms with van der Waals surface area (Å²) in [7, 11) is 0. The molecule has 1 atom stereocenters. The second-order valence-electron chi connectivity index (χ2n) is 7.43. The molecule has 2 aromatic rings. The molecule has 28 heavy (non-hydrogen) atoms. The number of anilines is 1. The minimum atomic E-state index is -0.394. The van der Waals surface area contributed by atoms with Crippen molar-refractivity contribution in [1.82, 2.24) is 15.1 Å². The molecule has 1 aromatic heterocycles. The highest BCUT2D eigenvalue weighted by molar-refractivity contribution is 9.10. The van der Waals surface area contributed by atoms with E-state index in [0.717, 1.165) is 47.1 Å². The Morgan fingerprint density at radius 3 is 2.54 bits per heavy atom. The van der Waals surface area contributed by atoms with Crippen molar-refractivity contribution in [3.63, 3.8) is 0 Å². The first-order valence-electron chi connectivity index (χ1n) is 9.82. The van der Waals surface area contributed by atoms with E-state index in [1.165, 1.54) is 17.8 Å². The zero-order valence-corrected chi connectivity index (χ0v) is 18.0. The van der Waals surface area contributed by atoms with Crippen LogP contribution < -0.4 is 5.32 Å². The van der Waals surface area contributed by atoms with Gasteiger partial charge in [-0.2, -0.15) is 0 Å². The van der Waals surface area contributed by atoms with Gasteiger partial charge in [-0.1, -0.05) is 58.7 Å². The van der Waals surface area contributed by atoms with E-state index in [2.05, 4.69) is 31.4 Å². The van der Waals surface area contributed by atoms with Crippen LogP contribution in [0.4, 0.5) is 5.13 Å². The van der Waals surface area contributed by atoms with Gasteiger partial charge in [0.25, 0.3) is 0 Å². The number of nitrogens with one attached hydrogen (secondary N) is 1. The maximum atomic E-state index is 12.9. The van der Waals surface area contributed by atoms with Crippen molar-refractivity contribution in [3.05, 3.63) is 28.7 Å². The van der Waals surface area contributed by atoms with Gasteiger partial charge in [0.15, 0.2) is 0 Å². The van der Waals surface area contributed by atoms with Crippen LogP contribution in [0, 0.1) is 5.92 Å². The molecule has 2 fully saturated rings. The molecule has 8 heteroatoms. The van der Waals surface area contributed by atoms with Crippen molar-refractivity contribution in [3.8, 4) is 10.6 Å². The summed E-state index contributed by atoms with van der Waals surface area (Å²) in [5.41, 5.74) is 0.955. The van der Waals surface area contributed by atoms with Gasteiger partial charge in [-0.05, 0) is 37.8 Å². The second-order valence-corrected chi connectivity index (χ2v) is 9.33. The topological polar surface area (TPSA) is 75.2 Å². The van der Waals surface area contributed by atoms with Crippen LogP contribution in [0.5, 0.6) is 0 Å². The lowest BCUT2D eigenvalue weighted by molar-refractivity contribution is -0.141. The Hall–Kier alpha value is -1.80. The first-order chi connectivity index (χ1) is 13.6. The Kier molecular flexibility index (Phi) is 6.06. The molecule has 0 radical (unpaired) electrons. The average molecular weight is 463 g/mol. The van der Waals surface area contributed by atoms with Crippen LogP contribution in [0.2, 0.25) is 0 Å². The number of carbonyl (C=O) groups excluding carboxylic acids is 2. The van der Waals surface area contributed by atoms with Crippen LogP contribution in [-0.2, 0) is 9.59 Å². The number of benzene rings is 1. The van der Waals surface area contributed by atoms with Crippen LogP contribution in [0.15, 0.2) is 28.7 Å². The van der Waals surface area contributed by atoms with Gasteiger partial charge in [-0.25, -0.2) is 0 Å². The minimum Gasteiger partial charge on any atom is -0.330 e. The molecule has 0 bridgehead atoms. The number of nitrogens with zero attached hydrogens (tertiary/aromatic N) is 3. The minimum absolute atomic E-state index is 0.0905. The number of rotatable bonds is 4. The molecule has 1 aliphatic carbocycles. The van der Waals surface area contributed by atoms with E-state index in [9.17, 15) is 9.59 Å². The van der Waals surface area contributed by atoms with Gasteiger partial charge >= 0.3 is 0 Å². The lowest BCUT2D eigenvalue weighted by Crippen LogP contribution is -2.46. The van der Waals surface area contributed by atoms with Crippen LogP contribution in [0.25, 0.3) is 10.6 Å². The first kappa shape index (κ1) is 19.5. The van der Waals surface area contributed by atoms with Crippen LogP contribution in [0.3, 0.4) is 0 Å². The van der Waals surface area contributed by atoms with Crippen molar-refractivity contribution < 1.29 is 9.59 Å². The van der Waals surface area contributed by atoms with E-state index >= 15 is 0 Å². The van der Waals surface area contributed by atoms with E-state index in [1.807, 2.05) is 24.3 Å². The second kappa shape index (κ2) is 8.69. The average Bonchev–Trinajstić information content (AvgIpc) is 3.38. The fraction of sp³-hybridized carbons (Fsp3) is 0.500. The SMILES string of the molecule is O=C(Nc1nnc(-c2ccc(Br)cc2)s1)C1CCCN1C(=O)C1CCCCC1. The summed E-state index contributed by atoms with van der Waals surface area (Å²) in [5.74, 6) is 0.0954. The number of likely N-dealkylation sites (tertiary alicyclic amines) is 1. The molecular formula is C20H23BrN4O2S. The van der Waals surface area contributed by atoms with Crippen molar-refractivity contribution in [2.45, 2.75) is 51.0 Å². The number of carbonyl (C=O) groups is 2. The van der Waals surface area contributed by atoms with Gasteiger partial charge in [0.2, 0.25) is 16.9 Å². The van der Waals surface area contributed by atoms with E-state index < -0.39 is 6.04 Å². The third kappa shape index (κ3) is 4.27. The van der Waals surface area contributed by atoms with Gasteiger partial charge in [0.05, 0.1) is 0 Å². The Bertz CT molecular complexity index is 848. The molecule has 1 aliphatic heterocycles. The number of amides is 2. The quantitative estimate of drug-likeness (QED) is 0.726. The van der Waals surface area contributed by atoms with Crippen molar-refractivity contribution >= 4 is 44.2 Å². The van der Waals surface area contributed by atoms with Gasteiger partial charge < -0.3 is 4.90 Å². The summed E-state index contributed by atoms with van der Waals surface area (Å²) in [6.07, 6.45) is 6.94. The van der Waals surface area contributed by atoms with E-state index in [-0.39, 0.29) is 17.7 Å². The molecule has 1 aromatic carbocycles. The van der Waals surface area contributed by atoms with Crippen molar-refractivity contribution in [2.24, 2.45) is 5.92 Å². The van der Waals surface area contributed by atoms with E-state index in [1.54, 1.807) is 4.90 Å². The summed E-state index contributed by atoms with van der Waals surface area (Å²) in [6.45, 7) is 0.674. The Morgan fingerprint density at radius 2 is 1.79 bits per heavy atom. The van der Waals surface area contributed by atoms with Crippen molar-refractivity contribution in [1.29, 1.82) is 0 Å². The fourth-order valence-electron chi connectivity index (χ4n) is 4.06. The van der Waals surface area contributed by atoms with Crippen LogP contribution >= 0.6 is 27.3 Å². The zero-order valence-electron chi connectivity index (χ0n) is 15.6. The van der Waals surface area contributed by atoms with E-state index in [4.69, 9.17) is 0 Å². The van der Waals surface area contributed by atoms with E-state index in [0.29, 0.717) is 18.1 Å². The normalized spacial score (nSPS) is 20.3.